The number of piperidine rings is 1. The van der Waals surface area contributed by atoms with Crippen LogP contribution in [0, 0.1) is 0 Å². The van der Waals surface area contributed by atoms with Gasteiger partial charge in [0.15, 0.2) is 5.84 Å². The molecular weight excluding hydrogens is 216 g/mol. The molecule has 5 heteroatoms. The van der Waals surface area contributed by atoms with Crippen molar-refractivity contribution in [3.8, 4) is 0 Å². The summed E-state index contributed by atoms with van der Waals surface area (Å²) in [5, 5.41) is 12.1. The van der Waals surface area contributed by atoms with Gasteiger partial charge in [-0.05, 0) is 38.1 Å². The largest absolute Gasteiger partial charge is 0.409 e. The Kier molecular flexibility index (Phi) is 3.93. The number of nitrogens with zero attached hydrogens (tertiary/aromatic N) is 3. The molecule has 92 valence electrons. The quantitative estimate of drug-likeness (QED) is 0.358. The first-order valence-corrected chi connectivity index (χ1v) is 5.95. The highest BCUT2D eigenvalue weighted by Crippen LogP contribution is 2.23. The van der Waals surface area contributed by atoms with Crippen molar-refractivity contribution in [2.45, 2.75) is 25.3 Å². The van der Waals surface area contributed by atoms with Crippen LogP contribution in [0.3, 0.4) is 0 Å². The second-order valence-corrected chi connectivity index (χ2v) is 4.28. The highest BCUT2D eigenvalue weighted by molar-refractivity contribution is 5.86. The molecule has 3 N–H and O–H groups in total. The lowest BCUT2D eigenvalue weighted by molar-refractivity contribution is 0.194. The molecule has 0 aromatic carbocycles. The van der Waals surface area contributed by atoms with E-state index in [0.717, 1.165) is 31.6 Å². The fourth-order valence-electron chi connectivity index (χ4n) is 2.29. The standard InChI is InChI=1S/C12H18N4O/c13-12(15-17)11(10-6-2-3-7-14-10)16-8-4-1-5-9-16/h2-3,6-7,11,17H,1,4-5,8-9H2,(H2,13,15)/t11-/m0/s1. The Morgan fingerprint density at radius 2 is 2.12 bits per heavy atom. The first kappa shape index (κ1) is 11.9. The minimum atomic E-state index is -0.207. The van der Waals surface area contributed by atoms with Crippen molar-refractivity contribution in [2.75, 3.05) is 13.1 Å². The molecule has 2 heterocycles. The maximum atomic E-state index is 8.91. The number of oxime groups is 1. The van der Waals surface area contributed by atoms with Crippen LogP contribution in [0.2, 0.25) is 0 Å². The first-order valence-electron chi connectivity index (χ1n) is 5.95. The minimum Gasteiger partial charge on any atom is -0.409 e. The van der Waals surface area contributed by atoms with Crippen LogP contribution in [0.5, 0.6) is 0 Å². The van der Waals surface area contributed by atoms with Crippen molar-refractivity contribution >= 4 is 5.84 Å². The molecule has 0 radical (unpaired) electrons. The number of nitrogens with two attached hydrogens (primary N) is 1. The second kappa shape index (κ2) is 5.63. The van der Waals surface area contributed by atoms with Gasteiger partial charge in [0.25, 0.3) is 0 Å². The Morgan fingerprint density at radius 1 is 1.35 bits per heavy atom. The van der Waals surface area contributed by atoms with Crippen molar-refractivity contribution in [3.63, 3.8) is 0 Å². The van der Waals surface area contributed by atoms with Crippen molar-refractivity contribution < 1.29 is 5.21 Å². The monoisotopic (exact) mass is 234 g/mol. The molecule has 1 aliphatic rings. The Bertz CT molecular complexity index is 373. The van der Waals surface area contributed by atoms with Crippen LogP contribution in [0.25, 0.3) is 0 Å². The van der Waals surface area contributed by atoms with Gasteiger partial charge < -0.3 is 10.9 Å². The summed E-state index contributed by atoms with van der Waals surface area (Å²) in [7, 11) is 0. The van der Waals surface area contributed by atoms with Gasteiger partial charge >= 0.3 is 0 Å². The smallest absolute Gasteiger partial charge is 0.162 e. The zero-order valence-electron chi connectivity index (χ0n) is 9.79. The molecule has 1 fully saturated rings. The van der Waals surface area contributed by atoms with Crippen LogP contribution >= 0.6 is 0 Å². The lowest BCUT2D eigenvalue weighted by atomic mass is 10.0. The number of hydrogen-bond acceptors (Lipinski definition) is 4. The van der Waals surface area contributed by atoms with Crippen LogP contribution in [0.15, 0.2) is 29.6 Å². The number of likely N-dealkylation sites (tertiary alicyclic amines) is 1. The molecule has 0 amide bonds. The van der Waals surface area contributed by atoms with Gasteiger partial charge in [0.05, 0.1) is 5.69 Å². The summed E-state index contributed by atoms with van der Waals surface area (Å²) in [4.78, 5) is 6.53. The molecule has 1 aromatic rings. The van der Waals surface area contributed by atoms with E-state index in [1.54, 1.807) is 6.20 Å². The number of amidine groups is 1. The topological polar surface area (TPSA) is 74.7 Å². The third-order valence-electron chi connectivity index (χ3n) is 3.12. The third-order valence-corrected chi connectivity index (χ3v) is 3.12. The number of pyridine rings is 1. The van der Waals surface area contributed by atoms with Crippen molar-refractivity contribution in [3.05, 3.63) is 30.1 Å². The van der Waals surface area contributed by atoms with E-state index in [9.17, 15) is 0 Å². The molecule has 0 aliphatic carbocycles. The number of hydrogen-bond donors (Lipinski definition) is 2. The third kappa shape index (κ3) is 2.74. The Morgan fingerprint density at radius 3 is 2.71 bits per heavy atom. The van der Waals surface area contributed by atoms with Crippen LogP contribution in [-0.4, -0.2) is 34.0 Å². The van der Waals surface area contributed by atoms with Gasteiger partial charge in [0.1, 0.15) is 6.04 Å². The van der Waals surface area contributed by atoms with E-state index in [2.05, 4.69) is 15.0 Å². The second-order valence-electron chi connectivity index (χ2n) is 4.28. The van der Waals surface area contributed by atoms with Gasteiger partial charge in [0, 0.05) is 6.20 Å². The van der Waals surface area contributed by atoms with Crippen LogP contribution in [-0.2, 0) is 0 Å². The number of rotatable bonds is 3. The van der Waals surface area contributed by atoms with E-state index in [-0.39, 0.29) is 11.9 Å². The van der Waals surface area contributed by atoms with Gasteiger partial charge in [-0.3, -0.25) is 9.88 Å². The summed E-state index contributed by atoms with van der Waals surface area (Å²) in [5.41, 5.74) is 6.64. The zero-order valence-corrected chi connectivity index (χ0v) is 9.79. The zero-order chi connectivity index (χ0) is 12.1. The van der Waals surface area contributed by atoms with Crippen molar-refractivity contribution in [2.24, 2.45) is 10.9 Å². The van der Waals surface area contributed by atoms with Crippen LogP contribution in [0.4, 0.5) is 0 Å². The molecule has 0 saturated carbocycles. The maximum absolute atomic E-state index is 8.91. The maximum Gasteiger partial charge on any atom is 0.162 e. The summed E-state index contributed by atoms with van der Waals surface area (Å²) in [6.45, 7) is 1.94. The van der Waals surface area contributed by atoms with Crippen LogP contribution in [0.1, 0.15) is 31.0 Å². The normalized spacial score (nSPS) is 20.1. The minimum absolute atomic E-state index is 0.207. The molecule has 5 nitrogen and oxygen atoms in total. The van der Waals surface area contributed by atoms with E-state index in [4.69, 9.17) is 10.9 Å². The van der Waals surface area contributed by atoms with Gasteiger partial charge in [-0.1, -0.05) is 17.6 Å². The SMILES string of the molecule is NC(=NO)[C@H](c1ccccn1)N1CCCCC1. The molecule has 2 rings (SSSR count). The van der Waals surface area contributed by atoms with E-state index < -0.39 is 0 Å². The van der Waals surface area contributed by atoms with E-state index in [1.165, 1.54) is 6.42 Å². The molecule has 0 spiro atoms. The van der Waals surface area contributed by atoms with E-state index in [1.807, 2.05) is 18.2 Å². The summed E-state index contributed by atoms with van der Waals surface area (Å²) in [5.74, 6) is 0.214. The van der Waals surface area contributed by atoms with Gasteiger partial charge in [-0.15, -0.1) is 0 Å². The highest BCUT2D eigenvalue weighted by atomic mass is 16.4. The molecule has 0 bridgehead atoms. The van der Waals surface area contributed by atoms with E-state index in [0.29, 0.717) is 0 Å². The lowest BCUT2D eigenvalue weighted by Crippen LogP contribution is -2.41. The predicted molar refractivity (Wildman–Crippen MR) is 65.8 cm³/mol. The highest BCUT2D eigenvalue weighted by Gasteiger charge is 2.26. The summed E-state index contributed by atoms with van der Waals surface area (Å²) < 4.78 is 0. The van der Waals surface area contributed by atoms with Crippen molar-refractivity contribution in [1.82, 2.24) is 9.88 Å². The Balaban J connectivity index is 2.25. The molecule has 17 heavy (non-hydrogen) atoms. The molecular formula is C12H18N4O. The summed E-state index contributed by atoms with van der Waals surface area (Å²) >= 11 is 0. The fourth-order valence-corrected chi connectivity index (χ4v) is 2.29. The molecule has 0 unspecified atom stereocenters. The van der Waals surface area contributed by atoms with Crippen molar-refractivity contribution in [1.29, 1.82) is 0 Å². The lowest BCUT2D eigenvalue weighted by Gasteiger charge is -2.33. The predicted octanol–water partition coefficient (Wildman–Crippen LogP) is 1.35. The molecule has 1 aromatic heterocycles. The molecule has 1 saturated heterocycles. The fraction of sp³-hybridized carbons (Fsp3) is 0.500. The Hall–Kier alpha value is -1.62. The van der Waals surface area contributed by atoms with Crippen LogP contribution < -0.4 is 5.73 Å². The summed E-state index contributed by atoms with van der Waals surface area (Å²) in [6, 6.07) is 5.49. The van der Waals surface area contributed by atoms with E-state index >= 15 is 0 Å². The average molecular weight is 234 g/mol. The van der Waals surface area contributed by atoms with Gasteiger partial charge in [-0.25, -0.2) is 0 Å². The molecule has 1 aliphatic heterocycles. The van der Waals surface area contributed by atoms with Gasteiger partial charge in [0.2, 0.25) is 0 Å². The number of aromatic nitrogens is 1. The summed E-state index contributed by atoms with van der Waals surface area (Å²) in [6.07, 6.45) is 5.29. The average Bonchev–Trinajstić information content (AvgIpc) is 2.41. The van der Waals surface area contributed by atoms with Gasteiger partial charge in [-0.2, -0.15) is 0 Å². The molecule has 1 atom stereocenters. The first-order chi connectivity index (χ1) is 8.33. The Labute approximate surface area is 101 Å².